The lowest BCUT2D eigenvalue weighted by atomic mass is 10.1. The van der Waals surface area contributed by atoms with Gasteiger partial charge in [-0.3, -0.25) is 14.5 Å². The third-order valence-corrected chi connectivity index (χ3v) is 4.14. The van der Waals surface area contributed by atoms with Crippen LogP contribution in [0.2, 0.25) is 0 Å². The largest absolute Gasteiger partial charge is 0.493 e. The molecule has 0 spiro atoms. The fourth-order valence-electron chi connectivity index (χ4n) is 2.68. The van der Waals surface area contributed by atoms with Gasteiger partial charge in [-0.2, -0.15) is 0 Å². The van der Waals surface area contributed by atoms with Crippen molar-refractivity contribution in [2.24, 2.45) is 0 Å². The topological polar surface area (TPSA) is 97.0 Å². The van der Waals surface area contributed by atoms with Crippen LogP contribution < -0.4 is 20.1 Å². The first-order chi connectivity index (χ1) is 13.0. The van der Waals surface area contributed by atoms with Gasteiger partial charge in [-0.25, -0.2) is 4.79 Å². The highest BCUT2D eigenvalue weighted by Crippen LogP contribution is 2.29. The van der Waals surface area contributed by atoms with Crippen molar-refractivity contribution in [1.82, 2.24) is 10.2 Å². The molecule has 2 N–H and O–H groups in total. The van der Waals surface area contributed by atoms with Crippen LogP contribution in [0.5, 0.6) is 11.5 Å². The first-order valence-corrected chi connectivity index (χ1v) is 8.22. The smallest absolute Gasteiger partial charge is 0.324 e. The number of carbonyl (C=O) groups excluding carboxylic acids is 3. The van der Waals surface area contributed by atoms with E-state index in [-0.39, 0.29) is 24.9 Å². The number of anilines is 1. The first-order valence-electron chi connectivity index (χ1n) is 8.22. The average molecular weight is 369 g/mol. The summed E-state index contributed by atoms with van der Waals surface area (Å²) in [4.78, 5) is 36.8. The number of carbonyl (C=O) groups is 3. The predicted octanol–water partition coefficient (Wildman–Crippen LogP) is 2.01. The summed E-state index contributed by atoms with van der Waals surface area (Å²) in [6.07, 6.45) is 0. The van der Waals surface area contributed by atoms with Crippen LogP contribution in [0.1, 0.15) is 15.9 Å². The van der Waals surface area contributed by atoms with Crippen molar-refractivity contribution >= 4 is 23.5 Å². The predicted molar refractivity (Wildman–Crippen MR) is 97.9 cm³/mol. The van der Waals surface area contributed by atoms with Crippen LogP contribution in [0, 0.1) is 0 Å². The van der Waals surface area contributed by atoms with E-state index in [9.17, 15) is 14.4 Å². The molecule has 1 fully saturated rings. The molecule has 2 aromatic carbocycles. The summed E-state index contributed by atoms with van der Waals surface area (Å²) in [5, 5.41) is 5.26. The van der Waals surface area contributed by atoms with Crippen molar-refractivity contribution in [3.8, 4) is 11.5 Å². The second-order valence-corrected chi connectivity index (χ2v) is 5.86. The van der Waals surface area contributed by atoms with Crippen LogP contribution in [-0.4, -0.2) is 43.5 Å². The number of nitrogens with one attached hydrogen (secondary N) is 2. The molecule has 4 amide bonds. The Labute approximate surface area is 156 Å². The lowest BCUT2D eigenvalue weighted by molar-refractivity contribution is -0.125. The maximum atomic E-state index is 12.4. The van der Waals surface area contributed by atoms with E-state index in [4.69, 9.17) is 9.47 Å². The normalized spacial score (nSPS) is 13.3. The van der Waals surface area contributed by atoms with E-state index in [0.29, 0.717) is 22.7 Å². The molecule has 1 aliphatic heterocycles. The second kappa shape index (κ2) is 7.77. The highest BCUT2D eigenvalue weighted by molar-refractivity contribution is 6.04. The Bertz CT molecular complexity index is 863. The van der Waals surface area contributed by atoms with Gasteiger partial charge in [0.1, 0.15) is 0 Å². The van der Waals surface area contributed by atoms with E-state index in [1.165, 1.54) is 14.2 Å². The summed E-state index contributed by atoms with van der Waals surface area (Å²) in [5.41, 5.74) is 1.77. The molecular formula is C19H19N3O5. The molecule has 0 aromatic heterocycles. The molecular weight excluding hydrogens is 350 g/mol. The number of hydrogen-bond acceptors (Lipinski definition) is 5. The number of rotatable bonds is 6. The fourth-order valence-corrected chi connectivity index (χ4v) is 2.68. The second-order valence-electron chi connectivity index (χ2n) is 5.86. The molecule has 1 saturated heterocycles. The molecule has 1 aliphatic rings. The van der Waals surface area contributed by atoms with Gasteiger partial charge in [0.25, 0.3) is 5.91 Å². The zero-order valence-corrected chi connectivity index (χ0v) is 14.9. The maximum absolute atomic E-state index is 12.4. The zero-order valence-electron chi connectivity index (χ0n) is 14.9. The maximum Gasteiger partial charge on any atom is 0.324 e. The van der Waals surface area contributed by atoms with Crippen molar-refractivity contribution in [3.05, 3.63) is 53.6 Å². The minimum atomic E-state index is -0.407. The number of benzene rings is 2. The number of nitrogens with zero attached hydrogens (tertiary/aromatic N) is 1. The van der Waals surface area contributed by atoms with Crippen molar-refractivity contribution in [3.63, 3.8) is 0 Å². The molecule has 0 aliphatic carbocycles. The van der Waals surface area contributed by atoms with E-state index in [1.54, 1.807) is 42.5 Å². The quantitative estimate of drug-likeness (QED) is 0.759. The molecule has 3 rings (SSSR count). The van der Waals surface area contributed by atoms with Crippen LogP contribution in [0.3, 0.4) is 0 Å². The molecule has 140 valence electrons. The SMILES string of the molecule is COc1ccc(NC(=O)c2ccc(CN3C(=O)CNC3=O)cc2)cc1OC. The molecule has 0 atom stereocenters. The molecule has 2 aromatic rings. The summed E-state index contributed by atoms with van der Waals surface area (Å²) in [5.74, 6) is 0.526. The Morgan fingerprint density at radius 1 is 1.07 bits per heavy atom. The van der Waals surface area contributed by atoms with Gasteiger partial charge >= 0.3 is 6.03 Å². The third-order valence-electron chi connectivity index (χ3n) is 4.14. The Balaban J connectivity index is 1.67. The lowest BCUT2D eigenvalue weighted by Gasteiger charge is -2.13. The summed E-state index contributed by atoms with van der Waals surface area (Å²) in [7, 11) is 3.06. The van der Waals surface area contributed by atoms with Crippen molar-refractivity contribution in [2.75, 3.05) is 26.1 Å². The average Bonchev–Trinajstić information content (AvgIpc) is 3.00. The summed E-state index contributed by atoms with van der Waals surface area (Å²) < 4.78 is 10.4. The van der Waals surface area contributed by atoms with E-state index in [2.05, 4.69) is 10.6 Å². The van der Waals surface area contributed by atoms with E-state index in [1.807, 2.05) is 0 Å². The highest BCUT2D eigenvalue weighted by Gasteiger charge is 2.28. The number of ether oxygens (including phenoxy) is 2. The molecule has 0 saturated carbocycles. The summed E-state index contributed by atoms with van der Waals surface area (Å²) in [6, 6.07) is 11.4. The Morgan fingerprint density at radius 3 is 2.37 bits per heavy atom. The number of hydrogen-bond donors (Lipinski definition) is 2. The van der Waals surface area contributed by atoms with Gasteiger partial charge in [0, 0.05) is 17.3 Å². The molecule has 8 nitrogen and oxygen atoms in total. The molecule has 1 heterocycles. The molecule has 27 heavy (non-hydrogen) atoms. The standard InChI is InChI=1S/C19H19N3O5/c1-26-15-8-7-14(9-16(15)27-2)21-18(24)13-5-3-12(4-6-13)11-22-17(23)10-20-19(22)25/h3-9H,10-11H2,1-2H3,(H,20,25)(H,21,24). The third kappa shape index (κ3) is 4.00. The summed E-state index contributed by atoms with van der Waals surface area (Å²) >= 11 is 0. The van der Waals surface area contributed by atoms with Crippen molar-refractivity contribution in [2.45, 2.75) is 6.54 Å². The van der Waals surface area contributed by atoms with Gasteiger partial charge in [0.15, 0.2) is 11.5 Å². The van der Waals surface area contributed by atoms with Gasteiger partial charge in [-0.05, 0) is 29.8 Å². The van der Waals surface area contributed by atoms with Gasteiger partial charge in [0.05, 0.1) is 27.3 Å². The molecule has 0 unspecified atom stereocenters. The van der Waals surface area contributed by atoms with Crippen LogP contribution in [0.4, 0.5) is 10.5 Å². The molecule has 8 heteroatoms. The zero-order chi connectivity index (χ0) is 19.4. The van der Waals surface area contributed by atoms with Gasteiger partial charge in [-0.1, -0.05) is 12.1 Å². The number of amides is 4. The van der Waals surface area contributed by atoms with Crippen molar-refractivity contribution in [1.29, 1.82) is 0 Å². The van der Waals surface area contributed by atoms with Crippen LogP contribution in [-0.2, 0) is 11.3 Å². The van der Waals surface area contributed by atoms with Crippen LogP contribution in [0.25, 0.3) is 0 Å². The van der Waals surface area contributed by atoms with Crippen LogP contribution >= 0.6 is 0 Å². The van der Waals surface area contributed by atoms with Crippen molar-refractivity contribution < 1.29 is 23.9 Å². The Kier molecular flexibility index (Phi) is 5.25. The van der Waals surface area contributed by atoms with E-state index < -0.39 is 6.03 Å². The monoisotopic (exact) mass is 369 g/mol. The van der Waals surface area contributed by atoms with Gasteiger partial charge in [-0.15, -0.1) is 0 Å². The molecule has 0 radical (unpaired) electrons. The summed E-state index contributed by atoms with van der Waals surface area (Å²) in [6.45, 7) is 0.187. The van der Waals surface area contributed by atoms with Gasteiger partial charge in [0.2, 0.25) is 5.91 Å². The number of urea groups is 1. The fraction of sp³-hybridized carbons (Fsp3) is 0.211. The van der Waals surface area contributed by atoms with E-state index in [0.717, 1.165) is 10.5 Å². The number of imide groups is 1. The minimum absolute atomic E-state index is 0.0185. The van der Waals surface area contributed by atoms with Gasteiger partial charge < -0.3 is 20.1 Å². The minimum Gasteiger partial charge on any atom is -0.493 e. The van der Waals surface area contributed by atoms with Crippen LogP contribution in [0.15, 0.2) is 42.5 Å². The Hall–Kier alpha value is -3.55. The molecule has 0 bridgehead atoms. The highest BCUT2D eigenvalue weighted by atomic mass is 16.5. The van der Waals surface area contributed by atoms with E-state index >= 15 is 0 Å². The lowest BCUT2D eigenvalue weighted by Crippen LogP contribution is -2.30. The number of methoxy groups -OCH3 is 2. The Morgan fingerprint density at radius 2 is 1.78 bits per heavy atom. The first kappa shape index (κ1) is 18.2.